The van der Waals surface area contributed by atoms with Gasteiger partial charge < -0.3 is 32.1 Å². The van der Waals surface area contributed by atoms with Crippen LogP contribution >= 0.6 is 11.8 Å². The number of nitrogens with two attached hydrogens (primary N) is 2. The third kappa shape index (κ3) is 8.30. The summed E-state index contributed by atoms with van der Waals surface area (Å²) >= 11 is 1.47. The number of amides is 4. The van der Waals surface area contributed by atoms with Crippen LogP contribution in [0, 0.1) is 5.92 Å². The molecule has 0 aromatic rings. The van der Waals surface area contributed by atoms with E-state index in [0.29, 0.717) is 18.6 Å². The van der Waals surface area contributed by atoms with E-state index in [4.69, 9.17) is 11.5 Å². The zero-order valence-corrected chi connectivity index (χ0v) is 19.7. The molecule has 4 atom stereocenters. The van der Waals surface area contributed by atoms with E-state index in [2.05, 4.69) is 10.6 Å². The second kappa shape index (κ2) is 13.3. The zero-order chi connectivity index (χ0) is 24.4. The molecule has 32 heavy (non-hydrogen) atoms. The van der Waals surface area contributed by atoms with E-state index >= 15 is 0 Å². The van der Waals surface area contributed by atoms with Gasteiger partial charge in [0.05, 0.1) is 6.04 Å². The van der Waals surface area contributed by atoms with Crippen LogP contribution in [0.1, 0.15) is 46.0 Å². The molecule has 4 amide bonds. The van der Waals surface area contributed by atoms with Crippen molar-refractivity contribution in [1.29, 1.82) is 0 Å². The highest BCUT2D eigenvalue weighted by Crippen LogP contribution is 2.20. The van der Waals surface area contributed by atoms with Crippen molar-refractivity contribution in [2.75, 3.05) is 18.6 Å². The molecule has 11 nitrogen and oxygen atoms in total. The number of carboxylic acid groups (broad SMARTS) is 1. The number of likely N-dealkylation sites (tertiary alicyclic amines) is 1. The van der Waals surface area contributed by atoms with Crippen molar-refractivity contribution >= 4 is 41.4 Å². The van der Waals surface area contributed by atoms with E-state index in [1.54, 1.807) is 13.8 Å². The van der Waals surface area contributed by atoms with Crippen LogP contribution in [0.2, 0.25) is 0 Å². The van der Waals surface area contributed by atoms with E-state index in [-0.39, 0.29) is 31.7 Å². The lowest BCUT2D eigenvalue weighted by molar-refractivity contribution is -0.145. The Morgan fingerprint density at radius 2 is 1.78 bits per heavy atom. The SMILES string of the molecule is CSCCC(NC(=O)C1CCCN1C(=O)C(CCC(N)=O)NC(=O)C(N)C(C)C)C(=O)O. The molecule has 4 unspecified atom stereocenters. The normalized spacial score (nSPS) is 18.7. The summed E-state index contributed by atoms with van der Waals surface area (Å²) in [7, 11) is 0. The fourth-order valence-corrected chi connectivity index (χ4v) is 3.85. The van der Waals surface area contributed by atoms with Gasteiger partial charge in [0.1, 0.15) is 18.1 Å². The van der Waals surface area contributed by atoms with Gasteiger partial charge in [0.25, 0.3) is 0 Å². The Bertz CT molecular complexity index is 704. The number of hydrogen-bond acceptors (Lipinski definition) is 7. The maximum absolute atomic E-state index is 13.2. The minimum absolute atomic E-state index is 0.0268. The predicted octanol–water partition coefficient (Wildman–Crippen LogP) is -0.966. The molecule has 1 heterocycles. The molecule has 1 saturated heterocycles. The van der Waals surface area contributed by atoms with Crippen molar-refractivity contribution in [2.45, 2.75) is 70.1 Å². The second-order valence-electron chi connectivity index (χ2n) is 8.21. The van der Waals surface area contributed by atoms with Crippen molar-refractivity contribution in [3.8, 4) is 0 Å². The first-order chi connectivity index (χ1) is 15.0. The number of primary amides is 1. The van der Waals surface area contributed by atoms with Gasteiger partial charge in [-0.15, -0.1) is 0 Å². The van der Waals surface area contributed by atoms with Crippen LogP contribution in [0.25, 0.3) is 0 Å². The van der Waals surface area contributed by atoms with Crippen LogP contribution in [0.15, 0.2) is 0 Å². The molecule has 0 spiro atoms. The maximum atomic E-state index is 13.2. The Labute approximate surface area is 192 Å². The molecule has 0 aromatic carbocycles. The third-order valence-electron chi connectivity index (χ3n) is 5.38. The smallest absolute Gasteiger partial charge is 0.326 e. The lowest BCUT2D eigenvalue weighted by Gasteiger charge is -2.30. The second-order valence-corrected chi connectivity index (χ2v) is 9.19. The Balaban J connectivity index is 2.96. The summed E-state index contributed by atoms with van der Waals surface area (Å²) in [6.45, 7) is 3.81. The molecule has 12 heteroatoms. The molecule has 182 valence electrons. The summed E-state index contributed by atoms with van der Waals surface area (Å²) in [5, 5.41) is 14.5. The molecule has 1 fully saturated rings. The minimum Gasteiger partial charge on any atom is -0.480 e. The monoisotopic (exact) mass is 473 g/mol. The Kier molecular flexibility index (Phi) is 11.5. The van der Waals surface area contributed by atoms with Crippen LogP contribution in [-0.2, 0) is 24.0 Å². The highest BCUT2D eigenvalue weighted by Gasteiger charge is 2.39. The molecule has 7 N–H and O–H groups in total. The standard InChI is InChI=1S/C20H35N5O6S/c1-11(2)16(22)18(28)23-12(6-7-15(21)26)19(29)25-9-4-5-14(25)17(27)24-13(20(30)31)8-10-32-3/h11-14,16H,4-10,22H2,1-3H3,(H2,21,26)(H,23,28)(H,24,27)(H,30,31). The summed E-state index contributed by atoms with van der Waals surface area (Å²) in [6, 6.07) is -3.82. The highest BCUT2D eigenvalue weighted by atomic mass is 32.2. The van der Waals surface area contributed by atoms with Crippen LogP contribution < -0.4 is 22.1 Å². The molecule has 0 radical (unpaired) electrons. The number of nitrogens with zero attached hydrogens (tertiary/aromatic N) is 1. The first kappa shape index (κ1) is 27.7. The lowest BCUT2D eigenvalue weighted by atomic mass is 10.0. The number of carboxylic acids is 1. The van der Waals surface area contributed by atoms with Gasteiger partial charge in [-0.25, -0.2) is 4.79 Å². The average Bonchev–Trinajstić information content (AvgIpc) is 3.22. The fraction of sp³-hybridized carbons (Fsp3) is 0.750. The molecular formula is C20H35N5O6S. The molecule has 0 aromatic heterocycles. The number of carbonyl (C=O) groups excluding carboxylic acids is 4. The minimum atomic E-state index is -1.14. The molecule has 1 aliphatic heterocycles. The maximum Gasteiger partial charge on any atom is 0.326 e. The van der Waals surface area contributed by atoms with Gasteiger partial charge >= 0.3 is 5.97 Å². The number of carbonyl (C=O) groups is 5. The summed E-state index contributed by atoms with van der Waals surface area (Å²) < 4.78 is 0. The Morgan fingerprint density at radius 3 is 2.31 bits per heavy atom. The van der Waals surface area contributed by atoms with Crippen molar-refractivity contribution in [3.05, 3.63) is 0 Å². The van der Waals surface area contributed by atoms with Crippen molar-refractivity contribution < 1.29 is 29.1 Å². The van der Waals surface area contributed by atoms with Crippen LogP contribution in [0.5, 0.6) is 0 Å². The fourth-order valence-electron chi connectivity index (χ4n) is 3.38. The molecule has 0 aliphatic carbocycles. The van der Waals surface area contributed by atoms with Gasteiger partial charge in [0.2, 0.25) is 23.6 Å². The van der Waals surface area contributed by atoms with Gasteiger partial charge in [-0.1, -0.05) is 13.8 Å². The van der Waals surface area contributed by atoms with Crippen molar-refractivity contribution in [2.24, 2.45) is 17.4 Å². The number of nitrogens with one attached hydrogen (secondary N) is 2. The molecule has 0 saturated carbocycles. The van der Waals surface area contributed by atoms with Gasteiger partial charge in [0, 0.05) is 13.0 Å². The molecular weight excluding hydrogens is 438 g/mol. The van der Waals surface area contributed by atoms with E-state index in [1.807, 2.05) is 6.26 Å². The van der Waals surface area contributed by atoms with E-state index in [9.17, 15) is 29.1 Å². The first-order valence-corrected chi connectivity index (χ1v) is 12.1. The number of rotatable bonds is 13. The first-order valence-electron chi connectivity index (χ1n) is 10.7. The predicted molar refractivity (Wildman–Crippen MR) is 120 cm³/mol. The summed E-state index contributed by atoms with van der Waals surface area (Å²) in [5.74, 6) is -2.99. The van der Waals surface area contributed by atoms with E-state index < -0.39 is 53.8 Å². The van der Waals surface area contributed by atoms with Crippen LogP contribution in [-0.4, -0.2) is 82.3 Å². The zero-order valence-electron chi connectivity index (χ0n) is 18.8. The largest absolute Gasteiger partial charge is 0.480 e. The molecule has 0 bridgehead atoms. The summed E-state index contributed by atoms with van der Waals surface area (Å²) in [6.07, 6.45) is 2.86. The summed E-state index contributed by atoms with van der Waals surface area (Å²) in [4.78, 5) is 62.5. The van der Waals surface area contributed by atoms with Gasteiger partial charge in [-0.05, 0) is 43.6 Å². The van der Waals surface area contributed by atoms with E-state index in [0.717, 1.165) is 0 Å². The van der Waals surface area contributed by atoms with Gasteiger partial charge in [-0.3, -0.25) is 19.2 Å². The van der Waals surface area contributed by atoms with E-state index in [1.165, 1.54) is 16.7 Å². The third-order valence-corrected chi connectivity index (χ3v) is 6.02. The van der Waals surface area contributed by atoms with Crippen LogP contribution in [0.4, 0.5) is 0 Å². The molecule has 1 rings (SSSR count). The molecule has 1 aliphatic rings. The van der Waals surface area contributed by atoms with Crippen molar-refractivity contribution in [1.82, 2.24) is 15.5 Å². The van der Waals surface area contributed by atoms with Crippen LogP contribution in [0.3, 0.4) is 0 Å². The Morgan fingerprint density at radius 1 is 1.12 bits per heavy atom. The van der Waals surface area contributed by atoms with Gasteiger partial charge in [0.15, 0.2) is 0 Å². The number of aliphatic carboxylic acids is 1. The topological polar surface area (TPSA) is 185 Å². The van der Waals surface area contributed by atoms with Crippen molar-refractivity contribution in [3.63, 3.8) is 0 Å². The Hall–Kier alpha value is -2.34. The number of hydrogen-bond donors (Lipinski definition) is 5. The quantitative estimate of drug-likeness (QED) is 0.226. The summed E-state index contributed by atoms with van der Waals surface area (Å²) in [5.41, 5.74) is 11.1. The lowest BCUT2D eigenvalue weighted by Crippen LogP contribution is -2.57. The number of thioether (sulfide) groups is 1. The highest BCUT2D eigenvalue weighted by molar-refractivity contribution is 7.98. The average molecular weight is 474 g/mol. The van der Waals surface area contributed by atoms with Gasteiger partial charge in [-0.2, -0.15) is 11.8 Å².